The molecule has 0 aliphatic carbocycles. The molecule has 0 nitrogen and oxygen atoms in total. The fraction of sp³-hybridized carbons (Fsp3) is 0.231. The zero-order valence-electron chi connectivity index (χ0n) is 8.58. The predicted molar refractivity (Wildman–Crippen MR) is 63.9 cm³/mol. The monoisotopic (exact) mass is 202 g/mol. The summed E-state index contributed by atoms with van der Waals surface area (Å²) in [6, 6.07) is 11.0. The highest BCUT2D eigenvalue weighted by Crippen LogP contribution is 2.27. The van der Waals surface area contributed by atoms with Crippen molar-refractivity contribution in [2.24, 2.45) is 0 Å². The standard InChI is InChI=1S/C13H14S/c1-3-11-8-13(14-9-11)12-6-4-5-10(2)7-12/h4-9H,3H2,1-2H3. The van der Waals surface area contributed by atoms with Gasteiger partial charge in [-0.25, -0.2) is 0 Å². The van der Waals surface area contributed by atoms with E-state index >= 15 is 0 Å². The second-order valence-corrected chi connectivity index (χ2v) is 4.45. The lowest BCUT2D eigenvalue weighted by molar-refractivity contribution is 1.16. The second-order valence-electron chi connectivity index (χ2n) is 3.54. The quantitative estimate of drug-likeness (QED) is 0.681. The van der Waals surface area contributed by atoms with Crippen LogP contribution < -0.4 is 0 Å². The molecule has 1 aromatic heterocycles. The Morgan fingerprint density at radius 1 is 1.21 bits per heavy atom. The van der Waals surface area contributed by atoms with E-state index in [1.807, 2.05) is 11.3 Å². The minimum absolute atomic E-state index is 1.13. The normalized spacial score (nSPS) is 10.4. The molecule has 0 unspecified atom stereocenters. The summed E-state index contributed by atoms with van der Waals surface area (Å²) in [4.78, 5) is 1.38. The molecule has 0 spiro atoms. The average molecular weight is 202 g/mol. The van der Waals surface area contributed by atoms with Gasteiger partial charge in [0.15, 0.2) is 0 Å². The number of rotatable bonds is 2. The molecule has 0 saturated carbocycles. The highest BCUT2D eigenvalue weighted by molar-refractivity contribution is 7.13. The summed E-state index contributed by atoms with van der Waals surface area (Å²) in [6.07, 6.45) is 1.13. The Kier molecular flexibility index (Phi) is 2.69. The summed E-state index contributed by atoms with van der Waals surface area (Å²) in [5.74, 6) is 0. The van der Waals surface area contributed by atoms with Crippen LogP contribution in [0.5, 0.6) is 0 Å². The highest BCUT2D eigenvalue weighted by Gasteiger charge is 2.00. The van der Waals surface area contributed by atoms with Gasteiger partial charge >= 0.3 is 0 Å². The van der Waals surface area contributed by atoms with Gasteiger partial charge in [0, 0.05) is 4.88 Å². The fourth-order valence-electron chi connectivity index (χ4n) is 1.51. The first-order valence-corrected chi connectivity index (χ1v) is 5.82. The van der Waals surface area contributed by atoms with Crippen LogP contribution in [0.4, 0.5) is 0 Å². The molecule has 1 heteroatoms. The Bertz CT molecular complexity index is 426. The molecule has 0 bridgehead atoms. The van der Waals surface area contributed by atoms with Gasteiger partial charge in [0.2, 0.25) is 0 Å². The summed E-state index contributed by atoms with van der Waals surface area (Å²) < 4.78 is 0. The predicted octanol–water partition coefficient (Wildman–Crippen LogP) is 4.29. The molecule has 14 heavy (non-hydrogen) atoms. The average Bonchev–Trinajstić information content (AvgIpc) is 2.66. The molecule has 0 fully saturated rings. The molecule has 1 heterocycles. The van der Waals surface area contributed by atoms with Gasteiger partial charge < -0.3 is 0 Å². The van der Waals surface area contributed by atoms with E-state index in [1.54, 1.807) is 0 Å². The van der Waals surface area contributed by atoms with Gasteiger partial charge in [0.25, 0.3) is 0 Å². The van der Waals surface area contributed by atoms with E-state index in [2.05, 4.69) is 49.6 Å². The van der Waals surface area contributed by atoms with Crippen LogP contribution in [-0.4, -0.2) is 0 Å². The van der Waals surface area contributed by atoms with E-state index in [4.69, 9.17) is 0 Å². The minimum atomic E-state index is 1.13. The number of hydrogen-bond acceptors (Lipinski definition) is 1. The van der Waals surface area contributed by atoms with Gasteiger partial charge in [0.05, 0.1) is 0 Å². The number of thiophene rings is 1. The van der Waals surface area contributed by atoms with E-state index in [-0.39, 0.29) is 0 Å². The number of benzene rings is 1. The topological polar surface area (TPSA) is 0 Å². The van der Waals surface area contributed by atoms with Crippen LogP contribution in [0.1, 0.15) is 18.1 Å². The minimum Gasteiger partial charge on any atom is -0.144 e. The third-order valence-corrected chi connectivity index (χ3v) is 3.39. The third kappa shape index (κ3) is 1.88. The molecule has 0 amide bonds. The lowest BCUT2D eigenvalue weighted by Crippen LogP contribution is -1.75. The first kappa shape index (κ1) is 9.47. The summed E-state index contributed by atoms with van der Waals surface area (Å²) in [7, 11) is 0. The Hall–Kier alpha value is -1.08. The first-order chi connectivity index (χ1) is 6.79. The van der Waals surface area contributed by atoms with Crippen molar-refractivity contribution in [2.45, 2.75) is 20.3 Å². The molecular formula is C13H14S. The van der Waals surface area contributed by atoms with Crippen molar-refractivity contribution in [3.63, 3.8) is 0 Å². The molecule has 1 aromatic carbocycles. The van der Waals surface area contributed by atoms with E-state index in [1.165, 1.54) is 21.6 Å². The second kappa shape index (κ2) is 3.97. The smallest absolute Gasteiger partial charge is 0.0345 e. The van der Waals surface area contributed by atoms with E-state index < -0.39 is 0 Å². The van der Waals surface area contributed by atoms with Crippen molar-refractivity contribution in [3.05, 3.63) is 46.8 Å². The van der Waals surface area contributed by atoms with Crippen molar-refractivity contribution in [1.82, 2.24) is 0 Å². The van der Waals surface area contributed by atoms with E-state index in [0.29, 0.717) is 0 Å². The number of aryl methyl sites for hydroxylation is 2. The van der Waals surface area contributed by atoms with Crippen LogP contribution >= 0.6 is 11.3 Å². The summed E-state index contributed by atoms with van der Waals surface area (Å²) in [5, 5.41) is 2.25. The maximum absolute atomic E-state index is 2.29. The van der Waals surface area contributed by atoms with Gasteiger partial charge in [-0.3, -0.25) is 0 Å². The summed E-state index contributed by atoms with van der Waals surface area (Å²) in [6.45, 7) is 4.33. The van der Waals surface area contributed by atoms with Crippen molar-refractivity contribution in [3.8, 4) is 10.4 Å². The van der Waals surface area contributed by atoms with Crippen LogP contribution in [0.3, 0.4) is 0 Å². The molecule has 0 N–H and O–H groups in total. The van der Waals surface area contributed by atoms with Crippen LogP contribution in [0.25, 0.3) is 10.4 Å². The Balaban J connectivity index is 2.39. The van der Waals surface area contributed by atoms with Crippen molar-refractivity contribution < 1.29 is 0 Å². The Morgan fingerprint density at radius 3 is 2.71 bits per heavy atom. The molecular weight excluding hydrogens is 188 g/mol. The van der Waals surface area contributed by atoms with Gasteiger partial charge in [-0.05, 0) is 35.9 Å². The zero-order chi connectivity index (χ0) is 9.97. The summed E-state index contributed by atoms with van der Waals surface area (Å²) in [5.41, 5.74) is 4.11. The van der Waals surface area contributed by atoms with Crippen LogP contribution in [0.15, 0.2) is 35.7 Å². The summed E-state index contributed by atoms with van der Waals surface area (Å²) >= 11 is 1.84. The van der Waals surface area contributed by atoms with Crippen LogP contribution in [0, 0.1) is 6.92 Å². The molecule has 2 rings (SSSR count). The molecule has 0 atom stereocenters. The van der Waals surface area contributed by atoms with Crippen molar-refractivity contribution in [2.75, 3.05) is 0 Å². The van der Waals surface area contributed by atoms with Crippen LogP contribution in [0.2, 0.25) is 0 Å². The Labute approximate surface area is 89.2 Å². The lowest BCUT2D eigenvalue weighted by atomic mass is 10.1. The van der Waals surface area contributed by atoms with Gasteiger partial charge in [-0.2, -0.15) is 0 Å². The Morgan fingerprint density at radius 2 is 2.07 bits per heavy atom. The van der Waals surface area contributed by atoms with Gasteiger partial charge in [-0.15, -0.1) is 11.3 Å². The molecule has 0 saturated heterocycles. The van der Waals surface area contributed by atoms with Gasteiger partial charge in [0.1, 0.15) is 0 Å². The van der Waals surface area contributed by atoms with Crippen molar-refractivity contribution in [1.29, 1.82) is 0 Å². The van der Waals surface area contributed by atoms with Crippen LogP contribution in [-0.2, 0) is 6.42 Å². The molecule has 0 radical (unpaired) electrons. The molecule has 0 aliphatic rings. The third-order valence-electron chi connectivity index (χ3n) is 2.36. The SMILES string of the molecule is CCc1csc(-c2cccc(C)c2)c1. The molecule has 2 aromatic rings. The molecule has 0 aliphatic heterocycles. The van der Waals surface area contributed by atoms with Crippen molar-refractivity contribution >= 4 is 11.3 Å². The largest absolute Gasteiger partial charge is 0.144 e. The first-order valence-electron chi connectivity index (χ1n) is 4.94. The fourth-order valence-corrected chi connectivity index (χ4v) is 2.51. The zero-order valence-corrected chi connectivity index (χ0v) is 9.40. The van der Waals surface area contributed by atoms with E-state index in [0.717, 1.165) is 6.42 Å². The van der Waals surface area contributed by atoms with E-state index in [9.17, 15) is 0 Å². The maximum Gasteiger partial charge on any atom is 0.0345 e. The maximum atomic E-state index is 2.29. The lowest BCUT2D eigenvalue weighted by Gasteiger charge is -1.98. The molecule has 72 valence electrons. The van der Waals surface area contributed by atoms with Gasteiger partial charge in [-0.1, -0.05) is 36.8 Å². The highest BCUT2D eigenvalue weighted by atomic mass is 32.1. The number of hydrogen-bond donors (Lipinski definition) is 0.